The first kappa shape index (κ1) is 20.4. The highest BCUT2D eigenvalue weighted by atomic mass is 32.2. The lowest BCUT2D eigenvalue weighted by Gasteiger charge is -2.14. The first-order chi connectivity index (χ1) is 14.5. The van der Waals surface area contributed by atoms with Gasteiger partial charge in [0, 0.05) is 18.7 Å². The van der Waals surface area contributed by atoms with Gasteiger partial charge < -0.3 is 14.8 Å². The first-order valence-corrected chi connectivity index (χ1v) is 10.4. The smallest absolute Gasteiger partial charge is 0.266 e. The molecule has 2 aromatic rings. The van der Waals surface area contributed by atoms with E-state index in [2.05, 4.69) is 5.32 Å². The number of amides is 2. The highest BCUT2D eigenvalue weighted by Crippen LogP contribution is 2.36. The van der Waals surface area contributed by atoms with Crippen LogP contribution < -0.4 is 14.8 Å². The molecule has 0 aliphatic carbocycles. The number of thioether (sulfide) groups is 1. The van der Waals surface area contributed by atoms with Crippen LogP contribution in [0.3, 0.4) is 0 Å². The number of fused-ring (bicyclic) bond motifs is 1. The number of nitrogens with zero attached hydrogens (tertiary/aromatic N) is 1. The number of rotatable bonds is 6. The topological polar surface area (TPSA) is 67.9 Å². The molecule has 0 aromatic heterocycles. The molecular formula is C21H17FN2O4S2. The summed E-state index contributed by atoms with van der Waals surface area (Å²) in [7, 11) is 0. The molecule has 0 bridgehead atoms. The molecule has 0 atom stereocenters. The van der Waals surface area contributed by atoms with E-state index < -0.39 is 0 Å². The van der Waals surface area contributed by atoms with Crippen molar-refractivity contribution in [2.24, 2.45) is 0 Å². The summed E-state index contributed by atoms with van der Waals surface area (Å²) in [5.41, 5.74) is 1.34. The molecule has 154 valence electrons. The quantitative estimate of drug-likeness (QED) is 0.533. The van der Waals surface area contributed by atoms with Crippen LogP contribution in [0.1, 0.15) is 18.4 Å². The van der Waals surface area contributed by atoms with Gasteiger partial charge in [0.05, 0.1) is 4.91 Å². The van der Waals surface area contributed by atoms with Crippen molar-refractivity contribution < 1.29 is 23.5 Å². The Balaban J connectivity index is 1.32. The van der Waals surface area contributed by atoms with Gasteiger partial charge in [-0.3, -0.25) is 14.5 Å². The summed E-state index contributed by atoms with van der Waals surface area (Å²) in [6, 6.07) is 11.0. The van der Waals surface area contributed by atoms with Crippen LogP contribution in [-0.4, -0.2) is 34.4 Å². The van der Waals surface area contributed by atoms with Crippen molar-refractivity contribution in [1.29, 1.82) is 0 Å². The highest BCUT2D eigenvalue weighted by molar-refractivity contribution is 8.26. The van der Waals surface area contributed by atoms with Crippen molar-refractivity contribution >= 4 is 51.9 Å². The summed E-state index contributed by atoms with van der Waals surface area (Å²) < 4.78 is 24.0. The summed E-state index contributed by atoms with van der Waals surface area (Å²) in [4.78, 5) is 26.8. The number of carbonyl (C=O) groups is 2. The Bertz CT molecular complexity index is 1040. The Hall–Kier alpha value is -2.91. The Morgan fingerprint density at radius 1 is 1.20 bits per heavy atom. The molecule has 2 heterocycles. The van der Waals surface area contributed by atoms with Crippen LogP contribution in [-0.2, 0) is 9.59 Å². The summed E-state index contributed by atoms with van der Waals surface area (Å²) in [5, 5.41) is 2.70. The fourth-order valence-electron chi connectivity index (χ4n) is 3.00. The van der Waals surface area contributed by atoms with E-state index >= 15 is 0 Å². The van der Waals surface area contributed by atoms with Crippen LogP contribution in [0.5, 0.6) is 11.5 Å². The Morgan fingerprint density at radius 2 is 1.97 bits per heavy atom. The van der Waals surface area contributed by atoms with E-state index in [1.807, 2.05) is 12.1 Å². The van der Waals surface area contributed by atoms with Crippen LogP contribution in [0, 0.1) is 5.82 Å². The van der Waals surface area contributed by atoms with Gasteiger partial charge in [0.2, 0.25) is 12.7 Å². The minimum Gasteiger partial charge on any atom is -0.454 e. The molecular weight excluding hydrogens is 427 g/mol. The number of halogens is 1. The summed E-state index contributed by atoms with van der Waals surface area (Å²) >= 11 is 6.57. The fourth-order valence-corrected chi connectivity index (χ4v) is 4.31. The van der Waals surface area contributed by atoms with E-state index in [9.17, 15) is 14.0 Å². The van der Waals surface area contributed by atoms with Gasteiger partial charge in [-0.2, -0.15) is 0 Å². The zero-order valence-electron chi connectivity index (χ0n) is 15.7. The fraction of sp³-hybridized carbons (Fsp3) is 0.190. The lowest BCUT2D eigenvalue weighted by atomic mass is 10.2. The molecule has 0 radical (unpaired) electrons. The molecule has 2 aromatic carbocycles. The SMILES string of the molecule is O=C(CCCN1C(=O)/C(=C\c2ccc3c(c2)OCO3)SC1=S)Nc1ccc(F)cc1. The minimum atomic E-state index is -0.365. The molecule has 0 spiro atoms. The largest absolute Gasteiger partial charge is 0.454 e. The standard InChI is InChI=1S/C21H17FN2O4S2/c22-14-4-6-15(7-5-14)23-19(25)2-1-9-24-20(26)18(30-21(24)29)11-13-3-8-16-17(10-13)28-12-27-16/h3-8,10-11H,1-2,9,12H2,(H,23,25)/b18-11+. The van der Waals surface area contributed by atoms with Gasteiger partial charge in [0.1, 0.15) is 10.1 Å². The molecule has 30 heavy (non-hydrogen) atoms. The number of carbonyl (C=O) groups excluding carboxylic acids is 2. The Kier molecular flexibility index (Phi) is 6.01. The number of thiocarbonyl (C=S) groups is 1. The van der Waals surface area contributed by atoms with Gasteiger partial charge in [-0.1, -0.05) is 30.0 Å². The maximum Gasteiger partial charge on any atom is 0.266 e. The number of hydrogen-bond donors (Lipinski definition) is 1. The zero-order chi connectivity index (χ0) is 21.1. The Labute approximate surface area is 182 Å². The highest BCUT2D eigenvalue weighted by Gasteiger charge is 2.31. The van der Waals surface area contributed by atoms with Crippen LogP contribution in [0.25, 0.3) is 6.08 Å². The number of benzene rings is 2. The second-order valence-corrected chi connectivity index (χ2v) is 8.28. The van der Waals surface area contributed by atoms with E-state index in [4.69, 9.17) is 21.7 Å². The molecule has 2 aliphatic heterocycles. The predicted octanol–water partition coefficient (Wildman–Crippen LogP) is 4.17. The molecule has 1 saturated heterocycles. The first-order valence-electron chi connectivity index (χ1n) is 9.20. The molecule has 2 amide bonds. The summed E-state index contributed by atoms with van der Waals surface area (Å²) in [6.07, 6.45) is 2.44. The van der Waals surface area contributed by atoms with Gasteiger partial charge >= 0.3 is 0 Å². The molecule has 2 aliphatic rings. The maximum absolute atomic E-state index is 12.9. The number of nitrogens with one attached hydrogen (secondary N) is 1. The monoisotopic (exact) mass is 444 g/mol. The van der Waals surface area contributed by atoms with Crippen molar-refractivity contribution in [3.8, 4) is 11.5 Å². The molecule has 0 unspecified atom stereocenters. The molecule has 1 fully saturated rings. The second kappa shape index (κ2) is 8.85. The van der Waals surface area contributed by atoms with Gasteiger partial charge in [-0.05, 0) is 54.5 Å². The van der Waals surface area contributed by atoms with E-state index in [1.54, 1.807) is 12.1 Å². The molecule has 9 heteroatoms. The minimum absolute atomic E-state index is 0.179. The van der Waals surface area contributed by atoms with Crippen LogP contribution in [0.2, 0.25) is 0 Å². The van der Waals surface area contributed by atoms with Gasteiger partial charge in [0.25, 0.3) is 5.91 Å². The average Bonchev–Trinajstić information content (AvgIpc) is 3.29. The van der Waals surface area contributed by atoms with Crippen molar-refractivity contribution in [2.75, 3.05) is 18.7 Å². The number of hydrogen-bond acceptors (Lipinski definition) is 6. The number of anilines is 1. The van der Waals surface area contributed by atoms with Crippen LogP contribution in [0.15, 0.2) is 47.4 Å². The number of ether oxygens (including phenoxy) is 2. The van der Waals surface area contributed by atoms with E-state index in [1.165, 1.54) is 40.9 Å². The van der Waals surface area contributed by atoms with Crippen LogP contribution in [0.4, 0.5) is 10.1 Å². The van der Waals surface area contributed by atoms with E-state index in [-0.39, 0.29) is 30.8 Å². The van der Waals surface area contributed by atoms with Gasteiger partial charge in [-0.15, -0.1) is 0 Å². The zero-order valence-corrected chi connectivity index (χ0v) is 17.4. The predicted molar refractivity (Wildman–Crippen MR) is 117 cm³/mol. The van der Waals surface area contributed by atoms with Crippen LogP contribution >= 0.6 is 24.0 Å². The van der Waals surface area contributed by atoms with E-state index in [0.717, 1.165) is 5.56 Å². The summed E-state index contributed by atoms with van der Waals surface area (Å²) in [6.45, 7) is 0.537. The van der Waals surface area contributed by atoms with Crippen molar-refractivity contribution in [3.05, 3.63) is 58.8 Å². The summed E-state index contributed by atoms with van der Waals surface area (Å²) in [5.74, 6) is 0.575. The molecule has 4 rings (SSSR count). The second-order valence-electron chi connectivity index (χ2n) is 6.60. The molecule has 6 nitrogen and oxygen atoms in total. The molecule has 1 N–H and O–H groups in total. The normalized spacial score (nSPS) is 16.4. The lowest BCUT2D eigenvalue weighted by Crippen LogP contribution is -2.29. The molecule has 0 saturated carbocycles. The maximum atomic E-state index is 12.9. The Morgan fingerprint density at radius 3 is 2.77 bits per heavy atom. The van der Waals surface area contributed by atoms with Gasteiger partial charge in [-0.25, -0.2) is 4.39 Å². The third-order valence-corrected chi connectivity index (χ3v) is 5.86. The average molecular weight is 445 g/mol. The van der Waals surface area contributed by atoms with Crippen molar-refractivity contribution in [1.82, 2.24) is 4.90 Å². The van der Waals surface area contributed by atoms with Gasteiger partial charge in [0.15, 0.2) is 11.5 Å². The van der Waals surface area contributed by atoms with E-state index in [0.29, 0.717) is 39.4 Å². The lowest BCUT2D eigenvalue weighted by molar-refractivity contribution is -0.122. The van der Waals surface area contributed by atoms with Crippen molar-refractivity contribution in [3.63, 3.8) is 0 Å². The third kappa shape index (κ3) is 4.63. The van der Waals surface area contributed by atoms with Crippen molar-refractivity contribution in [2.45, 2.75) is 12.8 Å². The third-order valence-electron chi connectivity index (χ3n) is 4.48.